The lowest BCUT2D eigenvalue weighted by Crippen LogP contribution is -2.39. The Bertz CT molecular complexity index is 282. The van der Waals surface area contributed by atoms with Gasteiger partial charge in [0.25, 0.3) is 0 Å². The molecule has 0 radical (unpaired) electrons. The van der Waals surface area contributed by atoms with Crippen molar-refractivity contribution in [3.8, 4) is 0 Å². The van der Waals surface area contributed by atoms with Crippen LogP contribution in [0.3, 0.4) is 0 Å². The van der Waals surface area contributed by atoms with E-state index in [-0.39, 0.29) is 11.7 Å². The van der Waals surface area contributed by atoms with Crippen LogP contribution in [0.4, 0.5) is 0 Å². The standard InChI is InChI=1S/C13H21NO2/c1-5-7-8-13(16)14-12(11(4)15)9-10(3)6-2/h5,12H,1,3,6-9H2,2,4H3,(H,14,16)/t12-/m1/s1. The summed E-state index contributed by atoms with van der Waals surface area (Å²) >= 11 is 0. The SMILES string of the molecule is C=CCCC(=O)N[C@H](CC(=C)CC)C(C)=O. The summed E-state index contributed by atoms with van der Waals surface area (Å²) in [5.41, 5.74) is 0.976. The molecule has 0 aliphatic carbocycles. The molecule has 0 heterocycles. The maximum absolute atomic E-state index is 11.4. The molecule has 3 heteroatoms. The van der Waals surface area contributed by atoms with Crippen molar-refractivity contribution in [1.82, 2.24) is 5.32 Å². The Balaban J connectivity index is 4.22. The fraction of sp³-hybridized carbons (Fsp3) is 0.538. The third-order valence-electron chi connectivity index (χ3n) is 2.39. The van der Waals surface area contributed by atoms with Crippen molar-refractivity contribution in [2.75, 3.05) is 0 Å². The Hall–Kier alpha value is -1.38. The van der Waals surface area contributed by atoms with Crippen LogP contribution in [-0.2, 0) is 9.59 Å². The molecule has 0 aliphatic heterocycles. The fourth-order valence-corrected chi connectivity index (χ4v) is 1.23. The second-order valence-electron chi connectivity index (χ2n) is 3.87. The van der Waals surface area contributed by atoms with Crippen molar-refractivity contribution in [3.05, 3.63) is 24.8 Å². The van der Waals surface area contributed by atoms with Gasteiger partial charge in [-0.25, -0.2) is 0 Å². The van der Waals surface area contributed by atoms with Crippen LogP contribution >= 0.6 is 0 Å². The summed E-state index contributed by atoms with van der Waals surface area (Å²) < 4.78 is 0. The van der Waals surface area contributed by atoms with Gasteiger partial charge in [0.2, 0.25) is 5.91 Å². The first kappa shape index (κ1) is 14.6. The number of carbonyl (C=O) groups is 2. The van der Waals surface area contributed by atoms with Gasteiger partial charge >= 0.3 is 0 Å². The van der Waals surface area contributed by atoms with Crippen LogP contribution < -0.4 is 5.32 Å². The van der Waals surface area contributed by atoms with Gasteiger partial charge in [0.15, 0.2) is 5.78 Å². The fourth-order valence-electron chi connectivity index (χ4n) is 1.23. The number of amides is 1. The summed E-state index contributed by atoms with van der Waals surface area (Å²) in [5, 5.41) is 2.72. The van der Waals surface area contributed by atoms with Gasteiger partial charge in [0.1, 0.15) is 0 Å². The molecule has 1 atom stereocenters. The Morgan fingerprint density at radius 2 is 2.06 bits per heavy atom. The third kappa shape index (κ3) is 6.17. The normalized spacial score (nSPS) is 11.6. The van der Waals surface area contributed by atoms with Crippen molar-refractivity contribution in [2.45, 2.75) is 45.6 Å². The largest absolute Gasteiger partial charge is 0.346 e. The molecule has 0 aliphatic rings. The van der Waals surface area contributed by atoms with E-state index in [4.69, 9.17) is 0 Å². The Labute approximate surface area is 97.6 Å². The molecule has 0 aromatic rings. The molecule has 0 rings (SSSR count). The Kier molecular flexibility index (Phi) is 7.18. The minimum atomic E-state index is -0.426. The zero-order chi connectivity index (χ0) is 12.6. The van der Waals surface area contributed by atoms with Gasteiger partial charge in [-0.05, 0) is 26.2 Å². The van der Waals surface area contributed by atoms with Crippen molar-refractivity contribution < 1.29 is 9.59 Å². The zero-order valence-electron chi connectivity index (χ0n) is 10.2. The van der Waals surface area contributed by atoms with Crippen LogP contribution in [0.25, 0.3) is 0 Å². The number of carbonyl (C=O) groups excluding carboxylic acids is 2. The lowest BCUT2D eigenvalue weighted by Gasteiger charge is -2.16. The zero-order valence-corrected chi connectivity index (χ0v) is 10.2. The molecule has 0 aromatic heterocycles. The van der Waals surface area contributed by atoms with Gasteiger partial charge in [-0.15, -0.1) is 6.58 Å². The summed E-state index contributed by atoms with van der Waals surface area (Å²) in [6, 6.07) is -0.426. The number of hydrogen-bond donors (Lipinski definition) is 1. The molecule has 1 amide bonds. The number of ketones is 1. The molecule has 0 fully saturated rings. The maximum atomic E-state index is 11.4. The van der Waals surface area contributed by atoms with E-state index in [1.54, 1.807) is 6.08 Å². The Morgan fingerprint density at radius 3 is 2.50 bits per heavy atom. The summed E-state index contributed by atoms with van der Waals surface area (Å²) in [6.45, 7) is 10.9. The maximum Gasteiger partial charge on any atom is 0.220 e. The number of rotatable bonds is 8. The molecule has 1 N–H and O–H groups in total. The van der Waals surface area contributed by atoms with Crippen LogP contribution in [0.1, 0.15) is 39.5 Å². The molecule has 0 aromatic carbocycles. The molecule has 0 unspecified atom stereocenters. The first-order valence-electron chi connectivity index (χ1n) is 5.58. The summed E-state index contributed by atoms with van der Waals surface area (Å²) in [7, 11) is 0. The lowest BCUT2D eigenvalue weighted by atomic mass is 10.0. The number of allylic oxidation sites excluding steroid dienone is 1. The molecule has 90 valence electrons. The van der Waals surface area contributed by atoms with Gasteiger partial charge < -0.3 is 5.32 Å². The molecule has 0 spiro atoms. The molecule has 0 saturated carbocycles. The smallest absolute Gasteiger partial charge is 0.220 e. The van der Waals surface area contributed by atoms with Crippen molar-refractivity contribution in [3.63, 3.8) is 0 Å². The van der Waals surface area contributed by atoms with E-state index in [0.717, 1.165) is 12.0 Å². The highest BCUT2D eigenvalue weighted by Gasteiger charge is 2.16. The van der Waals surface area contributed by atoms with Crippen molar-refractivity contribution in [1.29, 1.82) is 0 Å². The molecule has 3 nitrogen and oxygen atoms in total. The minimum Gasteiger partial charge on any atom is -0.346 e. The monoisotopic (exact) mass is 223 g/mol. The van der Waals surface area contributed by atoms with Crippen LogP contribution in [0.15, 0.2) is 24.8 Å². The van der Waals surface area contributed by atoms with Crippen molar-refractivity contribution in [2.24, 2.45) is 0 Å². The van der Waals surface area contributed by atoms with E-state index in [1.807, 2.05) is 6.92 Å². The first-order chi connectivity index (χ1) is 7.51. The van der Waals surface area contributed by atoms with E-state index in [1.165, 1.54) is 6.92 Å². The van der Waals surface area contributed by atoms with Crippen LogP contribution in [-0.4, -0.2) is 17.7 Å². The average molecular weight is 223 g/mol. The van der Waals surface area contributed by atoms with Crippen LogP contribution in [0.5, 0.6) is 0 Å². The van der Waals surface area contributed by atoms with E-state index < -0.39 is 6.04 Å². The van der Waals surface area contributed by atoms with E-state index >= 15 is 0 Å². The summed E-state index contributed by atoms with van der Waals surface area (Å²) in [6.07, 6.45) is 4.06. The van der Waals surface area contributed by atoms with Gasteiger partial charge in [-0.1, -0.05) is 25.2 Å². The molecule has 0 bridgehead atoms. The van der Waals surface area contributed by atoms with E-state index in [9.17, 15) is 9.59 Å². The molecular weight excluding hydrogens is 202 g/mol. The topological polar surface area (TPSA) is 46.2 Å². The average Bonchev–Trinajstić information content (AvgIpc) is 2.24. The number of nitrogens with one attached hydrogen (secondary N) is 1. The highest BCUT2D eigenvalue weighted by molar-refractivity contribution is 5.87. The van der Waals surface area contributed by atoms with E-state index in [2.05, 4.69) is 18.5 Å². The predicted octanol–water partition coefficient (Wildman–Crippen LogP) is 2.38. The molecule has 16 heavy (non-hydrogen) atoms. The second-order valence-corrected chi connectivity index (χ2v) is 3.87. The number of Topliss-reactive ketones (excluding diaryl/α,β-unsaturated/α-hetero) is 1. The highest BCUT2D eigenvalue weighted by atomic mass is 16.2. The first-order valence-corrected chi connectivity index (χ1v) is 5.58. The third-order valence-corrected chi connectivity index (χ3v) is 2.39. The Morgan fingerprint density at radius 1 is 1.44 bits per heavy atom. The van der Waals surface area contributed by atoms with E-state index in [0.29, 0.717) is 19.3 Å². The van der Waals surface area contributed by atoms with Gasteiger partial charge in [0, 0.05) is 6.42 Å². The van der Waals surface area contributed by atoms with Gasteiger partial charge in [-0.3, -0.25) is 9.59 Å². The van der Waals surface area contributed by atoms with Crippen molar-refractivity contribution >= 4 is 11.7 Å². The second kappa shape index (κ2) is 7.85. The molecular formula is C13H21NO2. The highest BCUT2D eigenvalue weighted by Crippen LogP contribution is 2.08. The quantitative estimate of drug-likeness (QED) is 0.642. The van der Waals surface area contributed by atoms with Gasteiger partial charge in [0.05, 0.1) is 6.04 Å². The van der Waals surface area contributed by atoms with Crippen LogP contribution in [0.2, 0.25) is 0 Å². The van der Waals surface area contributed by atoms with Crippen LogP contribution in [0, 0.1) is 0 Å². The minimum absolute atomic E-state index is 0.0263. The summed E-state index contributed by atoms with van der Waals surface area (Å²) in [5.74, 6) is -0.134. The summed E-state index contributed by atoms with van der Waals surface area (Å²) in [4.78, 5) is 22.8. The van der Waals surface area contributed by atoms with Gasteiger partial charge in [-0.2, -0.15) is 0 Å². The molecule has 0 saturated heterocycles. The lowest BCUT2D eigenvalue weighted by molar-refractivity contribution is -0.126. The predicted molar refractivity (Wildman–Crippen MR) is 66.1 cm³/mol. The number of hydrogen-bond acceptors (Lipinski definition) is 2.